The minimum atomic E-state index is -1.01. The zero-order chi connectivity index (χ0) is 16.7. The van der Waals surface area contributed by atoms with Crippen LogP contribution in [0.4, 0.5) is 0 Å². The van der Waals surface area contributed by atoms with Crippen LogP contribution in [0.5, 0.6) is 5.75 Å². The molecule has 1 amide bonds. The van der Waals surface area contributed by atoms with Crippen LogP contribution in [0.2, 0.25) is 0 Å². The highest BCUT2D eigenvalue weighted by Crippen LogP contribution is 2.26. The average Bonchev–Trinajstić information content (AvgIpc) is 2.54. The molecule has 0 bridgehead atoms. The highest BCUT2D eigenvalue weighted by atomic mass is 32.2. The number of hydrogen-bond acceptors (Lipinski definition) is 5. The summed E-state index contributed by atoms with van der Waals surface area (Å²) in [5.41, 5.74) is 0.965. The van der Waals surface area contributed by atoms with E-state index in [1.54, 1.807) is 12.1 Å². The predicted molar refractivity (Wildman–Crippen MR) is 94.3 cm³/mol. The first-order valence-corrected chi connectivity index (χ1v) is 9.68. The van der Waals surface area contributed by atoms with Crippen LogP contribution < -0.4 is 10.1 Å². The summed E-state index contributed by atoms with van der Waals surface area (Å²) in [6.07, 6.45) is 0.557. The van der Waals surface area contributed by atoms with Crippen molar-refractivity contribution < 1.29 is 19.4 Å². The smallest absolute Gasteiger partial charge is 0.341 e. The van der Waals surface area contributed by atoms with Crippen molar-refractivity contribution in [2.75, 3.05) is 23.9 Å². The molecule has 5 nitrogen and oxygen atoms in total. The minimum Gasteiger partial charge on any atom is -0.482 e. The molecule has 0 aromatic heterocycles. The number of ether oxygens (including phenoxy) is 1. The van der Waals surface area contributed by atoms with Gasteiger partial charge in [-0.1, -0.05) is 12.1 Å². The number of aliphatic carboxylic acids is 1. The van der Waals surface area contributed by atoms with Crippen LogP contribution in [0, 0.1) is 0 Å². The molecule has 0 aliphatic carbocycles. The van der Waals surface area contributed by atoms with Crippen molar-refractivity contribution in [3.8, 4) is 5.75 Å². The molecule has 2 unspecified atom stereocenters. The van der Waals surface area contributed by atoms with Gasteiger partial charge in [0.15, 0.2) is 6.61 Å². The molecular formula is C16H21NO4S2. The number of carbonyl (C=O) groups excluding carboxylic acids is 1. The number of hydrogen-bond donors (Lipinski definition) is 2. The molecule has 2 atom stereocenters. The second-order valence-corrected chi connectivity index (χ2v) is 7.87. The van der Waals surface area contributed by atoms with E-state index < -0.39 is 5.97 Å². The second-order valence-electron chi connectivity index (χ2n) is 5.31. The summed E-state index contributed by atoms with van der Waals surface area (Å²) in [4.78, 5) is 22.6. The van der Waals surface area contributed by atoms with Gasteiger partial charge in [-0.25, -0.2) is 4.79 Å². The van der Waals surface area contributed by atoms with Crippen LogP contribution in [0.15, 0.2) is 24.3 Å². The summed E-state index contributed by atoms with van der Waals surface area (Å²) >= 11 is 3.79. The highest BCUT2D eigenvalue weighted by Gasteiger charge is 2.19. The molecule has 23 heavy (non-hydrogen) atoms. The number of carboxylic acid groups (broad SMARTS) is 1. The third kappa shape index (κ3) is 6.35. The SMILES string of the molecule is CC(NC(=O)CC1CSCCS1)c1ccc(OCC(=O)O)cc1. The van der Waals surface area contributed by atoms with Gasteiger partial charge in [0.2, 0.25) is 5.91 Å². The van der Waals surface area contributed by atoms with E-state index in [0.29, 0.717) is 17.4 Å². The molecule has 1 aliphatic rings. The Morgan fingerprint density at radius 1 is 1.35 bits per heavy atom. The Morgan fingerprint density at radius 2 is 2.09 bits per heavy atom. The fraction of sp³-hybridized carbons (Fsp3) is 0.500. The molecule has 1 aromatic carbocycles. The number of thioether (sulfide) groups is 2. The minimum absolute atomic E-state index is 0.0729. The molecule has 1 saturated heterocycles. The van der Waals surface area contributed by atoms with Crippen molar-refractivity contribution in [3.05, 3.63) is 29.8 Å². The lowest BCUT2D eigenvalue weighted by Crippen LogP contribution is -2.30. The van der Waals surface area contributed by atoms with E-state index in [2.05, 4.69) is 5.32 Å². The Balaban J connectivity index is 1.80. The summed E-state index contributed by atoms with van der Waals surface area (Å²) in [6, 6.07) is 7.03. The standard InChI is InChI=1S/C16H21NO4S2/c1-11(17-15(18)8-14-10-22-6-7-23-14)12-2-4-13(5-3-12)21-9-16(19)20/h2-5,11,14H,6-10H2,1H3,(H,17,18)(H,19,20). The maximum atomic E-state index is 12.1. The lowest BCUT2D eigenvalue weighted by atomic mass is 10.1. The van der Waals surface area contributed by atoms with Crippen molar-refractivity contribution in [1.29, 1.82) is 0 Å². The Kier molecular flexibility index (Phi) is 7.11. The maximum Gasteiger partial charge on any atom is 0.341 e. The van der Waals surface area contributed by atoms with Crippen LogP contribution in [0.3, 0.4) is 0 Å². The van der Waals surface area contributed by atoms with Gasteiger partial charge in [0.1, 0.15) is 5.75 Å². The molecule has 1 fully saturated rings. The van der Waals surface area contributed by atoms with Gasteiger partial charge < -0.3 is 15.2 Å². The van der Waals surface area contributed by atoms with E-state index in [9.17, 15) is 9.59 Å². The van der Waals surface area contributed by atoms with E-state index in [0.717, 1.165) is 17.1 Å². The molecule has 0 spiro atoms. The second kappa shape index (κ2) is 9.08. The number of carbonyl (C=O) groups is 2. The zero-order valence-corrected chi connectivity index (χ0v) is 14.6. The van der Waals surface area contributed by atoms with Crippen molar-refractivity contribution in [2.24, 2.45) is 0 Å². The average molecular weight is 355 g/mol. The number of rotatable bonds is 7. The van der Waals surface area contributed by atoms with Gasteiger partial charge in [-0.05, 0) is 24.6 Å². The van der Waals surface area contributed by atoms with Gasteiger partial charge in [0.25, 0.3) is 0 Å². The van der Waals surface area contributed by atoms with Crippen LogP contribution >= 0.6 is 23.5 Å². The Hall–Kier alpha value is -1.34. The molecule has 0 radical (unpaired) electrons. The molecule has 0 saturated carbocycles. The number of benzene rings is 1. The van der Waals surface area contributed by atoms with E-state index in [-0.39, 0.29) is 18.6 Å². The Labute approximate surface area is 144 Å². The number of carboxylic acids is 1. The largest absolute Gasteiger partial charge is 0.482 e. The Morgan fingerprint density at radius 3 is 2.70 bits per heavy atom. The van der Waals surface area contributed by atoms with Crippen LogP contribution in [-0.4, -0.2) is 46.1 Å². The summed E-state index contributed by atoms with van der Waals surface area (Å²) < 4.78 is 5.09. The Bertz CT molecular complexity index is 529. The number of amides is 1. The lowest BCUT2D eigenvalue weighted by Gasteiger charge is -2.21. The molecule has 1 heterocycles. The summed E-state index contributed by atoms with van der Waals surface area (Å²) in [7, 11) is 0. The quantitative estimate of drug-likeness (QED) is 0.783. The zero-order valence-electron chi connectivity index (χ0n) is 13.0. The molecule has 7 heteroatoms. The van der Waals surface area contributed by atoms with Crippen molar-refractivity contribution in [3.63, 3.8) is 0 Å². The first kappa shape index (κ1) is 18.0. The fourth-order valence-electron chi connectivity index (χ4n) is 2.24. The van der Waals surface area contributed by atoms with Crippen molar-refractivity contribution in [1.82, 2.24) is 5.32 Å². The molecule has 2 rings (SSSR count). The summed E-state index contributed by atoms with van der Waals surface area (Å²) in [6.45, 7) is 1.58. The molecule has 126 valence electrons. The van der Waals surface area contributed by atoms with Gasteiger partial charge in [-0.2, -0.15) is 23.5 Å². The first-order valence-electron chi connectivity index (χ1n) is 7.48. The molecule has 2 N–H and O–H groups in total. The topological polar surface area (TPSA) is 75.6 Å². The highest BCUT2D eigenvalue weighted by molar-refractivity contribution is 8.06. The van der Waals surface area contributed by atoms with E-state index in [1.807, 2.05) is 42.6 Å². The van der Waals surface area contributed by atoms with E-state index >= 15 is 0 Å². The van der Waals surface area contributed by atoms with Gasteiger partial charge in [-0.3, -0.25) is 4.79 Å². The molecule has 1 aliphatic heterocycles. The van der Waals surface area contributed by atoms with Gasteiger partial charge >= 0.3 is 5.97 Å². The van der Waals surface area contributed by atoms with Crippen LogP contribution in [0.25, 0.3) is 0 Å². The lowest BCUT2D eigenvalue weighted by molar-refractivity contribution is -0.139. The van der Waals surface area contributed by atoms with Crippen molar-refractivity contribution >= 4 is 35.4 Å². The van der Waals surface area contributed by atoms with E-state index in [1.165, 1.54) is 5.75 Å². The van der Waals surface area contributed by atoms with Crippen LogP contribution in [0.1, 0.15) is 24.9 Å². The molecular weight excluding hydrogens is 334 g/mol. The normalized spacial score (nSPS) is 18.9. The van der Waals surface area contributed by atoms with Gasteiger partial charge in [0.05, 0.1) is 6.04 Å². The number of nitrogens with one attached hydrogen (secondary N) is 1. The molecule has 1 aromatic rings. The van der Waals surface area contributed by atoms with E-state index in [4.69, 9.17) is 9.84 Å². The third-order valence-corrected chi connectivity index (χ3v) is 6.26. The first-order chi connectivity index (χ1) is 11.0. The summed E-state index contributed by atoms with van der Waals surface area (Å²) in [5.74, 6) is 2.91. The summed E-state index contributed by atoms with van der Waals surface area (Å²) in [5, 5.41) is 12.0. The fourth-order valence-corrected chi connectivity index (χ4v) is 4.92. The maximum absolute atomic E-state index is 12.1. The van der Waals surface area contributed by atoms with Crippen LogP contribution in [-0.2, 0) is 9.59 Å². The van der Waals surface area contributed by atoms with Gasteiger partial charge in [-0.15, -0.1) is 0 Å². The van der Waals surface area contributed by atoms with Crippen molar-refractivity contribution in [2.45, 2.75) is 24.6 Å². The predicted octanol–water partition coefficient (Wildman–Crippen LogP) is 2.57. The third-order valence-electron chi connectivity index (χ3n) is 3.42. The monoisotopic (exact) mass is 355 g/mol. The van der Waals surface area contributed by atoms with Gasteiger partial charge in [0, 0.05) is 28.9 Å².